The number of benzene rings is 2. The molecular weight excluding hydrogens is 384 g/mol. The van der Waals surface area contributed by atoms with E-state index in [9.17, 15) is 9.90 Å². The summed E-state index contributed by atoms with van der Waals surface area (Å²) in [5, 5.41) is 11.6. The lowest BCUT2D eigenvalue weighted by Crippen LogP contribution is -2.38. The number of hydrogen-bond donors (Lipinski definition) is 1. The summed E-state index contributed by atoms with van der Waals surface area (Å²) in [6.07, 6.45) is 5.22. The second kappa shape index (κ2) is 9.32. The van der Waals surface area contributed by atoms with Crippen molar-refractivity contribution in [1.82, 2.24) is 0 Å². The number of hydrogen-bond acceptors (Lipinski definition) is 3. The molecule has 1 unspecified atom stereocenters. The van der Waals surface area contributed by atoms with Gasteiger partial charge in [-0.3, -0.25) is 4.79 Å². The zero-order valence-electron chi connectivity index (χ0n) is 17.6. The van der Waals surface area contributed by atoms with Crippen LogP contribution in [0, 0.1) is 19.3 Å². The van der Waals surface area contributed by atoms with Crippen molar-refractivity contribution in [3.63, 3.8) is 0 Å². The Bertz CT molecular complexity index is 851. The van der Waals surface area contributed by atoms with Crippen LogP contribution in [0.5, 0.6) is 0 Å². The molecule has 0 aliphatic heterocycles. The molecule has 1 fully saturated rings. The molecule has 156 valence electrons. The minimum atomic E-state index is -0.577. The maximum atomic E-state index is 12.5. The fourth-order valence-electron chi connectivity index (χ4n) is 4.77. The summed E-state index contributed by atoms with van der Waals surface area (Å²) in [5.74, 6) is -0.168. The summed E-state index contributed by atoms with van der Waals surface area (Å²) in [6, 6.07) is 12.2. The molecule has 0 spiro atoms. The van der Waals surface area contributed by atoms with Crippen molar-refractivity contribution in [2.24, 2.45) is 5.41 Å². The molecular formula is C25H31ClO3. The second-order valence-corrected chi connectivity index (χ2v) is 8.93. The maximum Gasteiger partial charge on any atom is 0.311 e. The molecule has 3 nitrogen and oxygen atoms in total. The third kappa shape index (κ3) is 5.02. The average molecular weight is 415 g/mol. The van der Waals surface area contributed by atoms with Crippen molar-refractivity contribution in [3.05, 3.63) is 58.1 Å². The van der Waals surface area contributed by atoms with Crippen molar-refractivity contribution in [2.75, 3.05) is 7.11 Å². The number of halogens is 1. The number of aliphatic hydroxyl groups excluding tert-OH is 1. The summed E-state index contributed by atoms with van der Waals surface area (Å²) in [5.41, 5.74) is 5.19. The van der Waals surface area contributed by atoms with E-state index in [1.54, 1.807) is 0 Å². The number of ether oxygens (including phenoxy) is 1. The van der Waals surface area contributed by atoms with Crippen molar-refractivity contribution < 1.29 is 14.6 Å². The quantitative estimate of drug-likeness (QED) is 0.586. The Morgan fingerprint density at radius 2 is 1.76 bits per heavy atom. The van der Waals surface area contributed by atoms with Gasteiger partial charge in [0.05, 0.1) is 18.6 Å². The van der Waals surface area contributed by atoms with E-state index < -0.39 is 11.5 Å². The molecule has 1 aliphatic carbocycles. The molecule has 0 amide bonds. The molecule has 0 saturated heterocycles. The van der Waals surface area contributed by atoms with E-state index in [-0.39, 0.29) is 5.97 Å². The van der Waals surface area contributed by atoms with Crippen LogP contribution in [-0.4, -0.2) is 24.3 Å². The lowest BCUT2D eigenvalue weighted by atomic mass is 9.70. The standard InChI is InChI=1S/C25H31ClO3/c1-17-13-18(2)23(19-7-9-21(26)10-8-19)15-20(17)14-22(27)16-25(24(28)29-3)11-5-4-6-12-25/h7-10,13,15,22,27H,4-6,11-12,14,16H2,1-3H3. The zero-order valence-corrected chi connectivity index (χ0v) is 18.4. The predicted octanol–water partition coefficient (Wildman–Crippen LogP) is 6.04. The van der Waals surface area contributed by atoms with Crippen LogP contribution in [0.15, 0.2) is 36.4 Å². The summed E-state index contributed by atoms with van der Waals surface area (Å²) >= 11 is 6.04. The second-order valence-electron chi connectivity index (χ2n) is 8.50. The molecule has 1 atom stereocenters. The van der Waals surface area contributed by atoms with Crippen LogP contribution in [-0.2, 0) is 16.0 Å². The Morgan fingerprint density at radius 1 is 1.10 bits per heavy atom. The number of carbonyl (C=O) groups excluding carboxylic acids is 1. The highest BCUT2D eigenvalue weighted by atomic mass is 35.5. The summed E-state index contributed by atoms with van der Waals surface area (Å²) < 4.78 is 5.11. The van der Waals surface area contributed by atoms with Gasteiger partial charge in [-0.15, -0.1) is 0 Å². The first kappa shape index (κ1) is 21.9. The van der Waals surface area contributed by atoms with Gasteiger partial charge in [0.15, 0.2) is 0 Å². The van der Waals surface area contributed by atoms with Gasteiger partial charge in [0.1, 0.15) is 0 Å². The van der Waals surface area contributed by atoms with Gasteiger partial charge in [-0.2, -0.15) is 0 Å². The zero-order chi connectivity index (χ0) is 21.0. The molecule has 1 N–H and O–H groups in total. The minimum absolute atomic E-state index is 0.168. The van der Waals surface area contributed by atoms with E-state index in [2.05, 4.69) is 26.0 Å². The Hall–Kier alpha value is -1.84. The van der Waals surface area contributed by atoms with Gasteiger partial charge in [0, 0.05) is 5.02 Å². The molecule has 0 radical (unpaired) electrons. The predicted molar refractivity (Wildman–Crippen MR) is 118 cm³/mol. The lowest BCUT2D eigenvalue weighted by molar-refractivity contribution is -0.157. The smallest absolute Gasteiger partial charge is 0.311 e. The fraction of sp³-hybridized carbons (Fsp3) is 0.480. The SMILES string of the molecule is COC(=O)C1(CC(O)Cc2cc(-c3ccc(Cl)cc3)c(C)cc2C)CCCCC1. The molecule has 0 aromatic heterocycles. The van der Waals surface area contributed by atoms with E-state index in [4.69, 9.17) is 16.3 Å². The van der Waals surface area contributed by atoms with Crippen molar-refractivity contribution in [2.45, 2.75) is 64.9 Å². The first-order chi connectivity index (χ1) is 13.8. The van der Waals surface area contributed by atoms with Crippen molar-refractivity contribution in [3.8, 4) is 11.1 Å². The van der Waals surface area contributed by atoms with Crippen LogP contribution in [0.2, 0.25) is 5.02 Å². The van der Waals surface area contributed by atoms with E-state index in [0.29, 0.717) is 12.8 Å². The minimum Gasteiger partial charge on any atom is -0.469 e. The highest BCUT2D eigenvalue weighted by Gasteiger charge is 2.42. The van der Waals surface area contributed by atoms with E-state index in [1.165, 1.54) is 12.7 Å². The molecule has 1 saturated carbocycles. The summed E-state index contributed by atoms with van der Waals surface area (Å²) in [6.45, 7) is 4.18. The van der Waals surface area contributed by atoms with Gasteiger partial charge in [0.2, 0.25) is 0 Å². The largest absolute Gasteiger partial charge is 0.469 e. The molecule has 29 heavy (non-hydrogen) atoms. The van der Waals surface area contributed by atoms with Gasteiger partial charge in [-0.25, -0.2) is 0 Å². The van der Waals surface area contributed by atoms with Gasteiger partial charge in [-0.05, 0) is 79.5 Å². The normalized spacial score (nSPS) is 17.0. The number of aliphatic hydroxyl groups is 1. The van der Waals surface area contributed by atoms with E-state index >= 15 is 0 Å². The first-order valence-corrected chi connectivity index (χ1v) is 10.8. The molecule has 0 bridgehead atoms. The van der Waals surface area contributed by atoms with Crippen LogP contribution >= 0.6 is 11.6 Å². The Morgan fingerprint density at radius 3 is 2.38 bits per heavy atom. The van der Waals surface area contributed by atoms with Gasteiger partial charge in [-0.1, -0.05) is 55.1 Å². The molecule has 4 heteroatoms. The fourth-order valence-corrected chi connectivity index (χ4v) is 4.90. The number of aryl methyl sites for hydroxylation is 2. The molecule has 3 rings (SSSR count). The van der Waals surface area contributed by atoms with Gasteiger partial charge in [0.25, 0.3) is 0 Å². The summed E-state index contributed by atoms with van der Waals surface area (Å²) in [7, 11) is 1.45. The lowest BCUT2D eigenvalue weighted by Gasteiger charge is -2.36. The van der Waals surface area contributed by atoms with Crippen LogP contribution in [0.1, 0.15) is 55.2 Å². The third-order valence-electron chi connectivity index (χ3n) is 6.35. The van der Waals surface area contributed by atoms with Crippen molar-refractivity contribution in [1.29, 1.82) is 0 Å². The van der Waals surface area contributed by atoms with Crippen LogP contribution in [0.3, 0.4) is 0 Å². The molecule has 1 aliphatic rings. The van der Waals surface area contributed by atoms with Crippen LogP contribution in [0.25, 0.3) is 11.1 Å². The van der Waals surface area contributed by atoms with Gasteiger partial charge < -0.3 is 9.84 Å². The molecule has 0 heterocycles. The summed E-state index contributed by atoms with van der Waals surface area (Å²) in [4.78, 5) is 12.5. The van der Waals surface area contributed by atoms with Crippen LogP contribution < -0.4 is 0 Å². The maximum absolute atomic E-state index is 12.5. The number of carbonyl (C=O) groups is 1. The molecule has 2 aromatic rings. The van der Waals surface area contributed by atoms with E-state index in [1.807, 2.05) is 24.3 Å². The number of methoxy groups -OCH3 is 1. The average Bonchev–Trinajstić information content (AvgIpc) is 2.71. The Kier molecular flexibility index (Phi) is 7.02. The monoisotopic (exact) mass is 414 g/mol. The Balaban J connectivity index is 1.82. The van der Waals surface area contributed by atoms with Crippen molar-refractivity contribution >= 4 is 17.6 Å². The molecule has 2 aromatic carbocycles. The van der Waals surface area contributed by atoms with Crippen LogP contribution in [0.4, 0.5) is 0 Å². The third-order valence-corrected chi connectivity index (χ3v) is 6.60. The Labute approximate surface area is 179 Å². The number of esters is 1. The topological polar surface area (TPSA) is 46.5 Å². The first-order valence-electron chi connectivity index (χ1n) is 10.5. The number of rotatable bonds is 6. The van der Waals surface area contributed by atoms with E-state index in [0.717, 1.165) is 59.4 Å². The van der Waals surface area contributed by atoms with Gasteiger partial charge >= 0.3 is 5.97 Å². The highest BCUT2D eigenvalue weighted by molar-refractivity contribution is 6.30. The highest BCUT2D eigenvalue weighted by Crippen LogP contribution is 2.42.